The van der Waals surface area contributed by atoms with E-state index in [2.05, 4.69) is 36.4 Å². The van der Waals surface area contributed by atoms with Gasteiger partial charge in [0.1, 0.15) is 0 Å². The van der Waals surface area contributed by atoms with Gasteiger partial charge in [0.2, 0.25) is 5.91 Å². The highest BCUT2D eigenvalue weighted by molar-refractivity contribution is 5.76. The molecule has 4 nitrogen and oxygen atoms in total. The molecule has 1 rings (SSSR count). The summed E-state index contributed by atoms with van der Waals surface area (Å²) >= 11 is 0. The molecule has 4 heteroatoms. The molecular formula is C13H27N3O. The molecule has 1 aliphatic rings. The minimum absolute atomic E-state index is 0.190. The van der Waals surface area contributed by atoms with Crippen LogP contribution in [-0.4, -0.2) is 49.6 Å². The van der Waals surface area contributed by atoms with Crippen molar-refractivity contribution in [2.75, 3.05) is 26.7 Å². The number of amides is 1. The van der Waals surface area contributed by atoms with Crippen LogP contribution < -0.4 is 10.6 Å². The van der Waals surface area contributed by atoms with Crippen molar-refractivity contribution in [1.29, 1.82) is 0 Å². The van der Waals surface area contributed by atoms with Crippen LogP contribution in [0.1, 0.15) is 39.5 Å². The first kappa shape index (κ1) is 14.5. The van der Waals surface area contributed by atoms with Crippen LogP contribution >= 0.6 is 0 Å². The lowest BCUT2D eigenvalue weighted by molar-refractivity contribution is -0.121. The van der Waals surface area contributed by atoms with E-state index in [1.807, 2.05) is 0 Å². The molecule has 0 aliphatic heterocycles. The van der Waals surface area contributed by atoms with Crippen LogP contribution in [0.5, 0.6) is 0 Å². The van der Waals surface area contributed by atoms with E-state index in [9.17, 15) is 4.79 Å². The maximum absolute atomic E-state index is 11.4. The summed E-state index contributed by atoms with van der Waals surface area (Å²) in [7, 11) is 2.15. The lowest BCUT2D eigenvalue weighted by Gasteiger charge is -2.23. The van der Waals surface area contributed by atoms with Crippen LogP contribution in [0.4, 0.5) is 0 Å². The zero-order valence-corrected chi connectivity index (χ0v) is 11.5. The molecule has 17 heavy (non-hydrogen) atoms. The van der Waals surface area contributed by atoms with Crippen LogP contribution in [0.25, 0.3) is 0 Å². The molecule has 1 unspecified atom stereocenters. The van der Waals surface area contributed by atoms with E-state index in [1.54, 1.807) is 0 Å². The van der Waals surface area contributed by atoms with Gasteiger partial charge in [-0.3, -0.25) is 4.79 Å². The molecule has 0 heterocycles. The van der Waals surface area contributed by atoms with Crippen LogP contribution in [0.2, 0.25) is 0 Å². The van der Waals surface area contributed by atoms with E-state index in [-0.39, 0.29) is 5.91 Å². The Balaban J connectivity index is 1.91. The predicted molar refractivity (Wildman–Crippen MR) is 71.0 cm³/mol. The highest BCUT2D eigenvalue weighted by Gasteiger charge is 2.22. The Morgan fingerprint density at radius 2 is 2.12 bits per heavy atom. The topological polar surface area (TPSA) is 44.4 Å². The Hall–Kier alpha value is -0.610. The highest BCUT2D eigenvalue weighted by atomic mass is 16.1. The molecule has 1 aliphatic carbocycles. The monoisotopic (exact) mass is 241 g/mol. The fourth-order valence-electron chi connectivity index (χ4n) is 1.64. The number of nitrogens with one attached hydrogen (secondary N) is 2. The standard InChI is InChI=1S/C13H27N3O/c1-4-11(2)16(3)10-9-14-8-7-13(17)15-12-5-6-12/h11-12,14H,4-10H2,1-3H3,(H,15,17). The summed E-state index contributed by atoms with van der Waals surface area (Å²) in [5.74, 6) is 0.190. The lowest BCUT2D eigenvalue weighted by atomic mass is 10.2. The van der Waals surface area contributed by atoms with E-state index in [4.69, 9.17) is 0 Å². The van der Waals surface area contributed by atoms with Gasteiger partial charge in [0.05, 0.1) is 0 Å². The van der Waals surface area contributed by atoms with Gasteiger partial charge in [0, 0.05) is 38.1 Å². The minimum Gasteiger partial charge on any atom is -0.353 e. The molecular weight excluding hydrogens is 214 g/mol. The van der Waals surface area contributed by atoms with Crippen molar-refractivity contribution >= 4 is 5.91 Å². The molecule has 0 spiro atoms. The summed E-state index contributed by atoms with van der Waals surface area (Å²) in [4.78, 5) is 13.7. The van der Waals surface area contributed by atoms with Gasteiger partial charge < -0.3 is 15.5 Å². The second-order valence-corrected chi connectivity index (χ2v) is 5.08. The molecule has 1 atom stereocenters. The summed E-state index contributed by atoms with van der Waals surface area (Å²) in [6.07, 6.45) is 4.11. The van der Waals surface area contributed by atoms with Crippen LogP contribution in [0.3, 0.4) is 0 Å². The molecule has 1 saturated carbocycles. The SMILES string of the molecule is CCC(C)N(C)CCNCCC(=O)NC1CC1. The Kier molecular flexibility index (Phi) is 6.52. The second kappa shape index (κ2) is 7.67. The lowest BCUT2D eigenvalue weighted by Crippen LogP contribution is -2.36. The Bertz CT molecular complexity index is 229. The molecule has 0 saturated heterocycles. The molecule has 0 radical (unpaired) electrons. The normalized spacial score (nSPS) is 17.2. The fourth-order valence-corrected chi connectivity index (χ4v) is 1.64. The number of nitrogens with zero attached hydrogens (tertiary/aromatic N) is 1. The second-order valence-electron chi connectivity index (χ2n) is 5.08. The third kappa shape index (κ3) is 6.64. The maximum Gasteiger partial charge on any atom is 0.221 e. The van der Waals surface area contributed by atoms with Crippen molar-refractivity contribution in [3.8, 4) is 0 Å². The van der Waals surface area contributed by atoms with Gasteiger partial charge in [0.25, 0.3) is 0 Å². The van der Waals surface area contributed by atoms with Gasteiger partial charge in [-0.2, -0.15) is 0 Å². The predicted octanol–water partition coefficient (Wildman–Crippen LogP) is 0.975. The Labute approximate surface area is 105 Å². The number of rotatable bonds is 9. The molecule has 1 amide bonds. The number of hydrogen-bond donors (Lipinski definition) is 2. The molecule has 1 fully saturated rings. The summed E-state index contributed by atoms with van der Waals surface area (Å²) in [6.45, 7) is 7.23. The Morgan fingerprint density at radius 1 is 1.41 bits per heavy atom. The minimum atomic E-state index is 0.190. The van der Waals surface area contributed by atoms with Gasteiger partial charge >= 0.3 is 0 Å². The number of carbonyl (C=O) groups excluding carboxylic acids is 1. The van der Waals surface area contributed by atoms with Crippen molar-refractivity contribution in [2.24, 2.45) is 0 Å². The average Bonchev–Trinajstić information content (AvgIpc) is 3.11. The van der Waals surface area contributed by atoms with Gasteiger partial charge in [-0.1, -0.05) is 6.92 Å². The zero-order chi connectivity index (χ0) is 12.7. The van der Waals surface area contributed by atoms with Gasteiger partial charge in [0.15, 0.2) is 0 Å². The first-order chi connectivity index (χ1) is 8.13. The van der Waals surface area contributed by atoms with Crippen molar-refractivity contribution in [3.63, 3.8) is 0 Å². The quantitative estimate of drug-likeness (QED) is 0.591. The van der Waals surface area contributed by atoms with Crippen molar-refractivity contribution in [2.45, 2.75) is 51.6 Å². The molecule has 0 aromatic heterocycles. The smallest absolute Gasteiger partial charge is 0.221 e. The fraction of sp³-hybridized carbons (Fsp3) is 0.923. The van der Waals surface area contributed by atoms with E-state index >= 15 is 0 Å². The van der Waals surface area contributed by atoms with Crippen molar-refractivity contribution in [1.82, 2.24) is 15.5 Å². The highest BCUT2D eigenvalue weighted by Crippen LogP contribution is 2.18. The summed E-state index contributed by atoms with van der Waals surface area (Å²) in [5.41, 5.74) is 0. The molecule has 100 valence electrons. The van der Waals surface area contributed by atoms with Crippen molar-refractivity contribution < 1.29 is 4.79 Å². The number of hydrogen-bond acceptors (Lipinski definition) is 3. The van der Waals surface area contributed by atoms with E-state index in [0.29, 0.717) is 18.5 Å². The summed E-state index contributed by atoms with van der Waals surface area (Å²) in [6, 6.07) is 1.12. The zero-order valence-electron chi connectivity index (χ0n) is 11.5. The molecule has 0 bridgehead atoms. The largest absolute Gasteiger partial charge is 0.353 e. The third-order valence-electron chi connectivity index (χ3n) is 3.46. The Morgan fingerprint density at radius 3 is 2.71 bits per heavy atom. The van der Waals surface area contributed by atoms with Gasteiger partial charge in [-0.05, 0) is 33.2 Å². The molecule has 0 aromatic rings. The van der Waals surface area contributed by atoms with E-state index in [0.717, 1.165) is 19.6 Å². The number of likely N-dealkylation sites (N-methyl/N-ethyl adjacent to an activating group) is 1. The van der Waals surface area contributed by atoms with Crippen LogP contribution in [0.15, 0.2) is 0 Å². The van der Waals surface area contributed by atoms with E-state index in [1.165, 1.54) is 19.3 Å². The average molecular weight is 241 g/mol. The van der Waals surface area contributed by atoms with Crippen molar-refractivity contribution in [3.05, 3.63) is 0 Å². The molecule has 2 N–H and O–H groups in total. The first-order valence-electron chi connectivity index (χ1n) is 6.83. The number of carbonyl (C=O) groups is 1. The van der Waals surface area contributed by atoms with Gasteiger partial charge in [-0.25, -0.2) is 0 Å². The summed E-state index contributed by atoms with van der Waals surface area (Å²) in [5, 5.41) is 6.31. The molecule has 0 aromatic carbocycles. The van der Waals surface area contributed by atoms with Crippen LogP contribution in [-0.2, 0) is 4.79 Å². The van der Waals surface area contributed by atoms with Gasteiger partial charge in [-0.15, -0.1) is 0 Å². The first-order valence-corrected chi connectivity index (χ1v) is 6.83. The van der Waals surface area contributed by atoms with E-state index < -0.39 is 0 Å². The third-order valence-corrected chi connectivity index (χ3v) is 3.46. The van der Waals surface area contributed by atoms with Crippen LogP contribution in [0, 0.1) is 0 Å². The summed E-state index contributed by atoms with van der Waals surface area (Å²) < 4.78 is 0. The maximum atomic E-state index is 11.4.